The summed E-state index contributed by atoms with van der Waals surface area (Å²) in [5.41, 5.74) is 2.47. The van der Waals surface area contributed by atoms with Gasteiger partial charge in [-0.05, 0) is 19.8 Å². The molecule has 4 nitrogen and oxygen atoms in total. The molecule has 1 fully saturated rings. The van der Waals surface area contributed by atoms with Crippen molar-refractivity contribution >= 4 is 17.2 Å². The van der Waals surface area contributed by atoms with Gasteiger partial charge in [-0.25, -0.2) is 4.98 Å². The van der Waals surface area contributed by atoms with E-state index in [-0.39, 0.29) is 12.5 Å². The zero-order valence-corrected chi connectivity index (χ0v) is 9.46. The maximum absolute atomic E-state index is 12.1. The number of carbonyl (C=O) groups is 1. The summed E-state index contributed by atoms with van der Waals surface area (Å²) in [5.74, 6) is 0.0200. The van der Waals surface area contributed by atoms with Gasteiger partial charge in [-0.3, -0.25) is 4.79 Å². The Morgan fingerprint density at radius 1 is 1.73 bits per heavy atom. The Morgan fingerprint density at radius 3 is 2.93 bits per heavy atom. The summed E-state index contributed by atoms with van der Waals surface area (Å²) in [4.78, 5) is 18.6. The van der Waals surface area contributed by atoms with Crippen LogP contribution >= 0.6 is 11.3 Å². The van der Waals surface area contributed by atoms with Gasteiger partial charge < -0.3 is 10.0 Å². The molecule has 0 radical (unpaired) electrons. The summed E-state index contributed by atoms with van der Waals surface area (Å²) in [6.07, 6.45) is 2.12. The summed E-state index contributed by atoms with van der Waals surface area (Å²) in [5, 5.41) is 8.92. The molecule has 1 heterocycles. The number of carbonyl (C=O) groups excluding carboxylic acids is 1. The number of aliphatic hydroxyl groups excluding tert-OH is 1. The molecular weight excluding hydrogens is 212 g/mol. The molecule has 2 rings (SSSR count). The number of aromatic nitrogens is 1. The Balaban J connectivity index is 2.14. The lowest BCUT2D eigenvalue weighted by molar-refractivity contribution is 0.0711. The number of amides is 1. The standard InChI is InChI=1S/C10H14N2O2S/c1-7-9(15-6-11-7)10(14)12(4-5-13)8-2-3-8/h6,8,13H,2-5H2,1H3. The minimum absolute atomic E-state index is 0.0200. The van der Waals surface area contributed by atoms with Gasteiger partial charge in [-0.15, -0.1) is 11.3 Å². The molecule has 0 unspecified atom stereocenters. The number of hydrogen-bond donors (Lipinski definition) is 1. The smallest absolute Gasteiger partial charge is 0.266 e. The number of rotatable bonds is 4. The first kappa shape index (κ1) is 10.6. The third-order valence-corrected chi connectivity index (χ3v) is 3.45. The molecular formula is C10H14N2O2S. The van der Waals surface area contributed by atoms with Gasteiger partial charge in [0, 0.05) is 12.6 Å². The third kappa shape index (κ3) is 2.18. The van der Waals surface area contributed by atoms with Gasteiger partial charge in [0.05, 0.1) is 17.8 Å². The number of hydrogen-bond acceptors (Lipinski definition) is 4. The Bertz CT molecular complexity index is 360. The second kappa shape index (κ2) is 4.28. The van der Waals surface area contributed by atoms with E-state index in [0.717, 1.165) is 18.5 Å². The van der Waals surface area contributed by atoms with Gasteiger partial charge in [0.25, 0.3) is 5.91 Å². The van der Waals surface area contributed by atoms with Crippen molar-refractivity contribution in [2.24, 2.45) is 0 Å². The van der Waals surface area contributed by atoms with Crippen LogP contribution in [0, 0.1) is 6.92 Å². The van der Waals surface area contributed by atoms with Crippen LogP contribution in [0.1, 0.15) is 28.2 Å². The maximum atomic E-state index is 12.1. The molecule has 1 amide bonds. The van der Waals surface area contributed by atoms with Crippen LogP contribution in [-0.4, -0.2) is 40.1 Å². The average molecular weight is 226 g/mol. The predicted molar refractivity (Wildman–Crippen MR) is 58.0 cm³/mol. The van der Waals surface area contributed by atoms with Gasteiger partial charge in [-0.2, -0.15) is 0 Å². The van der Waals surface area contributed by atoms with Crippen LogP contribution in [0.25, 0.3) is 0 Å². The number of thiazole rings is 1. The van der Waals surface area contributed by atoms with Crippen LogP contribution in [0.3, 0.4) is 0 Å². The maximum Gasteiger partial charge on any atom is 0.266 e. The molecule has 1 aromatic rings. The highest BCUT2D eigenvalue weighted by molar-refractivity contribution is 7.11. The van der Waals surface area contributed by atoms with Crippen molar-refractivity contribution in [1.82, 2.24) is 9.88 Å². The van der Waals surface area contributed by atoms with Crippen molar-refractivity contribution in [3.63, 3.8) is 0 Å². The van der Waals surface area contributed by atoms with Gasteiger partial charge in [0.2, 0.25) is 0 Å². The van der Waals surface area contributed by atoms with Gasteiger partial charge >= 0.3 is 0 Å². The molecule has 1 N–H and O–H groups in total. The van der Waals surface area contributed by atoms with Gasteiger partial charge in [-0.1, -0.05) is 0 Å². The average Bonchev–Trinajstić information content (AvgIpc) is 2.97. The summed E-state index contributed by atoms with van der Waals surface area (Å²) in [7, 11) is 0. The summed E-state index contributed by atoms with van der Waals surface area (Å²) in [6.45, 7) is 2.30. The van der Waals surface area contributed by atoms with E-state index in [1.54, 1.807) is 10.4 Å². The first-order valence-electron chi connectivity index (χ1n) is 5.06. The summed E-state index contributed by atoms with van der Waals surface area (Å²) in [6, 6.07) is 0.339. The van der Waals surface area contributed by atoms with Gasteiger partial charge in [0.1, 0.15) is 4.88 Å². The molecule has 82 valence electrons. The Labute approximate surface area is 92.6 Å². The third-order valence-electron chi connectivity index (χ3n) is 2.53. The fraction of sp³-hybridized carbons (Fsp3) is 0.600. The molecule has 0 spiro atoms. The number of aliphatic hydroxyl groups is 1. The Kier molecular flexibility index (Phi) is 3.02. The zero-order valence-electron chi connectivity index (χ0n) is 8.64. The predicted octanol–water partition coefficient (Wildman–Crippen LogP) is 1.05. The highest BCUT2D eigenvalue weighted by Gasteiger charge is 2.33. The molecule has 15 heavy (non-hydrogen) atoms. The van der Waals surface area contributed by atoms with E-state index in [1.165, 1.54) is 11.3 Å². The molecule has 1 aliphatic rings. The first-order valence-corrected chi connectivity index (χ1v) is 5.94. The molecule has 0 bridgehead atoms. The molecule has 5 heteroatoms. The fourth-order valence-electron chi connectivity index (χ4n) is 1.58. The number of aryl methyl sites for hydroxylation is 1. The van der Waals surface area contributed by atoms with E-state index >= 15 is 0 Å². The fourth-order valence-corrected chi connectivity index (χ4v) is 2.34. The van der Waals surface area contributed by atoms with E-state index in [1.807, 2.05) is 6.92 Å². The minimum atomic E-state index is 0.0200. The molecule has 0 saturated heterocycles. The lowest BCUT2D eigenvalue weighted by atomic mass is 10.3. The van der Waals surface area contributed by atoms with E-state index in [0.29, 0.717) is 17.5 Å². The highest BCUT2D eigenvalue weighted by atomic mass is 32.1. The quantitative estimate of drug-likeness (QED) is 0.835. The van der Waals surface area contributed by atoms with E-state index < -0.39 is 0 Å². The summed E-state index contributed by atoms with van der Waals surface area (Å²) >= 11 is 1.37. The highest BCUT2D eigenvalue weighted by Crippen LogP contribution is 2.29. The van der Waals surface area contributed by atoms with Crippen molar-refractivity contribution in [3.8, 4) is 0 Å². The van der Waals surface area contributed by atoms with Crippen molar-refractivity contribution < 1.29 is 9.90 Å². The minimum Gasteiger partial charge on any atom is -0.395 e. The normalized spacial score (nSPS) is 15.3. The zero-order chi connectivity index (χ0) is 10.8. The topological polar surface area (TPSA) is 53.4 Å². The van der Waals surface area contributed by atoms with Crippen LogP contribution in [0.15, 0.2) is 5.51 Å². The van der Waals surface area contributed by atoms with Crippen molar-refractivity contribution in [1.29, 1.82) is 0 Å². The van der Waals surface area contributed by atoms with Crippen LogP contribution in [0.2, 0.25) is 0 Å². The monoisotopic (exact) mass is 226 g/mol. The van der Waals surface area contributed by atoms with E-state index in [4.69, 9.17) is 5.11 Å². The van der Waals surface area contributed by atoms with Crippen LogP contribution in [-0.2, 0) is 0 Å². The first-order chi connectivity index (χ1) is 7.24. The van der Waals surface area contributed by atoms with Gasteiger partial charge in [0.15, 0.2) is 0 Å². The van der Waals surface area contributed by atoms with Crippen LogP contribution in [0.5, 0.6) is 0 Å². The molecule has 1 aromatic heterocycles. The van der Waals surface area contributed by atoms with Crippen LogP contribution < -0.4 is 0 Å². The molecule has 1 aliphatic carbocycles. The van der Waals surface area contributed by atoms with Crippen LogP contribution in [0.4, 0.5) is 0 Å². The van der Waals surface area contributed by atoms with E-state index in [2.05, 4.69) is 4.98 Å². The molecule has 1 saturated carbocycles. The number of nitrogens with zero attached hydrogens (tertiary/aromatic N) is 2. The van der Waals surface area contributed by atoms with Crippen molar-refractivity contribution in [2.45, 2.75) is 25.8 Å². The van der Waals surface area contributed by atoms with Crippen molar-refractivity contribution in [2.75, 3.05) is 13.2 Å². The molecule has 0 aliphatic heterocycles. The molecule has 0 aromatic carbocycles. The SMILES string of the molecule is Cc1ncsc1C(=O)N(CCO)C1CC1. The van der Waals surface area contributed by atoms with Crippen molar-refractivity contribution in [3.05, 3.63) is 16.1 Å². The lowest BCUT2D eigenvalue weighted by Gasteiger charge is -2.20. The second-order valence-corrected chi connectivity index (χ2v) is 4.57. The second-order valence-electron chi connectivity index (χ2n) is 3.72. The Morgan fingerprint density at radius 2 is 2.47 bits per heavy atom. The van der Waals surface area contributed by atoms with E-state index in [9.17, 15) is 4.79 Å². The Hall–Kier alpha value is -0.940. The molecule has 0 atom stereocenters. The summed E-state index contributed by atoms with van der Waals surface area (Å²) < 4.78 is 0. The lowest BCUT2D eigenvalue weighted by Crippen LogP contribution is -2.35. The largest absolute Gasteiger partial charge is 0.395 e.